The second kappa shape index (κ2) is 7.11. The maximum atomic E-state index is 14.0. The fraction of sp³-hybridized carbons (Fsp3) is 0.0588. The highest BCUT2D eigenvalue weighted by molar-refractivity contribution is 6.13. The third-order valence-electron chi connectivity index (χ3n) is 3.36. The number of rotatable bonds is 2. The first kappa shape index (κ1) is 17.4. The van der Waals surface area contributed by atoms with E-state index in [9.17, 15) is 14.3 Å². The van der Waals surface area contributed by atoms with E-state index >= 15 is 0 Å². The maximum absolute atomic E-state index is 14.0. The summed E-state index contributed by atoms with van der Waals surface area (Å²) in [6.07, 6.45) is 0. The van der Waals surface area contributed by atoms with Gasteiger partial charge in [-0.25, -0.2) is 14.1 Å². The van der Waals surface area contributed by atoms with Crippen LogP contribution in [0.15, 0.2) is 35.3 Å². The Bertz CT molecular complexity index is 970. The molecule has 0 aliphatic heterocycles. The Hall–Kier alpha value is -3.91. The van der Waals surface area contributed by atoms with Crippen LogP contribution in [0, 0.1) is 19.0 Å². The van der Waals surface area contributed by atoms with Crippen LogP contribution in [0.1, 0.15) is 10.4 Å². The average Bonchev–Trinajstić information content (AvgIpc) is 2.60. The molecular formula is C17H12FN5O2. The molecule has 0 unspecified atom stereocenters. The molecule has 0 bridgehead atoms. The number of para-hydroxylation sites is 1. The van der Waals surface area contributed by atoms with Gasteiger partial charge in [0.1, 0.15) is 11.6 Å². The Balaban J connectivity index is 2.85. The number of carbonyl (C=O) groups is 1. The smallest absolute Gasteiger partial charge is 0.260 e. The van der Waals surface area contributed by atoms with Crippen molar-refractivity contribution in [3.63, 3.8) is 0 Å². The van der Waals surface area contributed by atoms with Gasteiger partial charge in [0.15, 0.2) is 11.6 Å². The fourth-order valence-electron chi connectivity index (χ4n) is 2.24. The van der Waals surface area contributed by atoms with Crippen molar-refractivity contribution in [3.05, 3.63) is 64.5 Å². The van der Waals surface area contributed by atoms with Gasteiger partial charge in [0.2, 0.25) is 5.69 Å². The van der Waals surface area contributed by atoms with Crippen LogP contribution in [-0.2, 0) is 0 Å². The molecule has 0 heterocycles. The van der Waals surface area contributed by atoms with E-state index in [2.05, 4.69) is 20.0 Å². The van der Waals surface area contributed by atoms with Crippen molar-refractivity contribution < 1.29 is 14.3 Å². The van der Waals surface area contributed by atoms with Crippen LogP contribution in [0.2, 0.25) is 0 Å². The summed E-state index contributed by atoms with van der Waals surface area (Å²) >= 11 is 0. The lowest BCUT2D eigenvalue weighted by Gasteiger charge is -2.15. The minimum Gasteiger partial charge on any atom is -0.507 e. The van der Waals surface area contributed by atoms with Crippen LogP contribution in [-0.4, -0.2) is 24.0 Å². The highest BCUT2D eigenvalue weighted by Gasteiger charge is 2.24. The Morgan fingerprint density at radius 1 is 1.28 bits per heavy atom. The summed E-state index contributed by atoms with van der Waals surface area (Å²) in [5, 5.41) is 12.4. The minimum absolute atomic E-state index is 0.0223. The number of aromatic hydroxyl groups is 1. The van der Waals surface area contributed by atoms with Gasteiger partial charge in [-0.1, -0.05) is 18.2 Å². The number of guanidine groups is 1. The van der Waals surface area contributed by atoms with E-state index in [1.165, 1.54) is 31.3 Å². The van der Waals surface area contributed by atoms with Crippen LogP contribution in [0.3, 0.4) is 0 Å². The lowest BCUT2D eigenvalue weighted by Crippen LogP contribution is -2.36. The van der Waals surface area contributed by atoms with Gasteiger partial charge in [-0.3, -0.25) is 15.1 Å². The molecule has 1 amide bonds. The van der Waals surface area contributed by atoms with Crippen molar-refractivity contribution in [1.82, 2.24) is 5.32 Å². The molecule has 0 saturated heterocycles. The molecule has 0 spiro atoms. The molecule has 0 aliphatic rings. The van der Waals surface area contributed by atoms with Crippen molar-refractivity contribution in [2.45, 2.75) is 0 Å². The van der Waals surface area contributed by atoms with Crippen molar-refractivity contribution in [1.29, 1.82) is 0 Å². The van der Waals surface area contributed by atoms with Gasteiger partial charge in [-0.05, 0) is 23.3 Å². The molecule has 0 atom stereocenters. The summed E-state index contributed by atoms with van der Waals surface area (Å²) in [6, 6.07) is 6.29. The summed E-state index contributed by atoms with van der Waals surface area (Å²) in [4.78, 5) is 22.5. The second-order valence-electron chi connectivity index (χ2n) is 4.78. The molecule has 2 aromatic rings. The van der Waals surface area contributed by atoms with Crippen molar-refractivity contribution in [2.24, 2.45) is 10.7 Å². The van der Waals surface area contributed by atoms with Gasteiger partial charge < -0.3 is 10.8 Å². The highest BCUT2D eigenvalue weighted by atomic mass is 19.1. The zero-order valence-corrected chi connectivity index (χ0v) is 13.0. The molecule has 0 fully saturated rings. The number of nitrogens with two attached hydrogens (primary N) is 1. The molecule has 0 aliphatic carbocycles. The SMILES string of the molecule is [C-]#[N+]c1ccc(O)c(C(=O)NC(N)=NC)c1-c1cccc(F)c1[N+]#[C-]. The number of benzene rings is 2. The first-order valence-electron chi connectivity index (χ1n) is 6.88. The Labute approximate surface area is 142 Å². The number of aliphatic imine (C=N–C) groups is 1. The van der Waals surface area contributed by atoms with Gasteiger partial charge in [0.25, 0.3) is 5.91 Å². The van der Waals surface area contributed by atoms with Gasteiger partial charge in [0, 0.05) is 7.05 Å². The molecule has 7 nitrogen and oxygen atoms in total. The summed E-state index contributed by atoms with van der Waals surface area (Å²) in [7, 11) is 1.36. The van der Waals surface area contributed by atoms with E-state index in [-0.39, 0.29) is 34.0 Å². The topological polar surface area (TPSA) is 96.4 Å². The summed E-state index contributed by atoms with van der Waals surface area (Å²) in [5.41, 5.74) is 4.76. The van der Waals surface area contributed by atoms with Crippen LogP contribution in [0.4, 0.5) is 15.8 Å². The van der Waals surface area contributed by atoms with Gasteiger partial charge in [0.05, 0.1) is 18.7 Å². The van der Waals surface area contributed by atoms with Crippen molar-refractivity contribution >= 4 is 23.2 Å². The zero-order valence-electron chi connectivity index (χ0n) is 13.0. The summed E-state index contributed by atoms with van der Waals surface area (Å²) < 4.78 is 14.0. The number of nitrogens with zero attached hydrogens (tertiary/aromatic N) is 3. The number of carbonyl (C=O) groups excluding carboxylic acids is 1. The van der Waals surface area contributed by atoms with Gasteiger partial charge in [-0.2, -0.15) is 0 Å². The van der Waals surface area contributed by atoms with E-state index < -0.39 is 17.5 Å². The Morgan fingerprint density at radius 2 is 2.00 bits per heavy atom. The number of hydrogen-bond donors (Lipinski definition) is 3. The zero-order chi connectivity index (χ0) is 18.6. The van der Waals surface area contributed by atoms with Crippen molar-refractivity contribution in [3.8, 4) is 16.9 Å². The van der Waals surface area contributed by atoms with Crippen molar-refractivity contribution in [2.75, 3.05) is 7.05 Å². The quantitative estimate of drug-likeness (QED) is 0.446. The third kappa shape index (κ3) is 3.23. The first-order valence-corrected chi connectivity index (χ1v) is 6.88. The molecule has 2 aromatic carbocycles. The fourth-order valence-corrected chi connectivity index (χ4v) is 2.24. The standard InChI is InChI=1S/C17H12FN5O2/c1-20-11-7-8-12(24)14(16(25)23-17(19)22-3)13(11)9-5-4-6-10(18)15(9)21-2/h4-8,24H,3H3,(H3,19,22,23,25). The molecule has 25 heavy (non-hydrogen) atoms. The summed E-state index contributed by atoms with van der Waals surface area (Å²) in [5.74, 6) is -2.27. The highest BCUT2D eigenvalue weighted by Crippen LogP contribution is 2.43. The largest absolute Gasteiger partial charge is 0.507 e. The lowest BCUT2D eigenvalue weighted by atomic mass is 9.94. The second-order valence-corrected chi connectivity index (χ2v) is 4.78. The number of phenolic OH excluding ortho intramolecular Hbond substituents is 1. The number of amides is 1. The molecule has 124 valence electrons. The van der Waals surface area contributed by atoms with Crippen LogP contribution >= 0.6 is 0 Å². The van der Waals surface area contributed by atoms with Crippen LogP contribution in [0.25, 0.3) is 20.8 Å². The van der Waals surface area contributed by atoms with E-state index in [4.69, 9.17) is 18.9 Å². The number of hydrogen-bond acceptors (Lipinski definition) is 3. The summed E-state index contributed by atoms with van der Waals surface area (Å²) in [6.45, 7) is 14.5. The number of halogens is 1. The van der Waals surface area contributed by atoms with E-state index in [0.29, 0.717) is 0 Å². The van der Waals surface area contributed by atoms with Gasteiger partial charge >= 0.3 is 0 Å². The van der Waals surface area contributed by atoms with E-state index in [1.807, 2.05) is 0 Å². The monoisotopic (exact) mass is 337 g/mol. The normalized spacial score (nSPS) is 10.6. The molecular weight excluding hydrogens is 325 g/mol. The first-order chi connectivity index (χ1) is 11.9. The van der Waals surface area contributed by atoms with Crippen LogP contribution < -0.4 is 11.1 Å². The lowest BCUT2D eigenvalue weighted by molar-refractivity contribution is 0.0974. The predicted octanol–water partition coefficient (Wildman–Crippen LogP) is 2.97. The number of nitrogens with one attached hydrogen (secondary N) is 1. The minimum atomic E-state index is -0.832. The molecule has 2 rings (SSSR count). The average molecular weight is 337 g/mol. The molecule has 4 N–H and O–H groups in total. The predicted molar refractivity (Wildman–Crippen MR) is 91.0 cm³/mol. The van der Waals surface area contributed by atoms with Gasteiger partial charge in [-0.15, -0.1) is 0 Å². The number of phenols is 1. The molecule has 0 saturated carbocycles. The Morgan fingerprint density at radius 3 is 2.60 bits per heavy atom. The van der Waals surface area contributed by atoms with E-state index in [0.717, 1.165) is 6.07 Å². The molecule has 0 aromatic heterocycles. The molecule has 0 radical (unpaired) electrons. The van der Waals surface area contributed by atoms with E-state index in [1.54, 1.807) is 0 Å². The Kier molecular flexibility index (Phi) is 4.96. The van der Waals surface area contributed by atoms with Crippen LogP contribution in [0.5, 0.6) is 5.75 Å². The maximum Gasteiger partial charge on any atom is 0.260 e. The molecule has 8 heteroatoms. The third-order valence-corrected chi connectivity index (χ3v) is 3.36.